The second kappa shape index (κ2) is 7.36. The molecule has 0 radical (unpaired) electrons. The molecule has 0 aliphatic heterocycles. The molecule has 0 saturated heterocycles. The van der Waals surface area contributed by atoms with Gasteiger partial charge in [-0.1, -0.05) is 24.3 Å². The SMILES string of the molecule is Cc1c(C(=O)N(CCC(N)=O)c2ccccc2)cccc1[N+](=O)[O-]. The highest BCUT2D eigenvalue weighted by Gasteiger charge is 2.23. The second-order valence-electron chi connectivity index (χ2n) is 5.22. The summed E-state index contributed by atoms with van der Waals surface area (Å²) in [5.41, 5.74) is 6.16. The molecule has 7 nitrogen and oxygen atoms in total. The summed E-state index contributed by atoms with van der Waals surface area (Å²) in [6, 6.07) is 13.1. The van der Waals surface area contributed by atoms with E-state index in [2.05, 4.69) is 0 Å². The van der Waals surface area contributed by atoms with Gasteiger partial charge in [0.25, 0.3) is 11.6 Å². The predicted molar refractivity (Wildman–Crippen MR) is 89.8 cm³/mol. The van der Waals surface area contributed by atoms with Gasteiger partial charge in [0.05, 0.1) is 4.92 Å². The summed E-state index contributed by atoms with van der Waals surface area (Å²) in [6.07, 6.45) is -0.00535. The molecule has 0 bridgehead atoms. The van der Waals surface area contributed by atoms with Crippen molar-refractivity contribution < 1.29 is 14.5 Å². The Balaban J connectivity index is 2.43. The molecule has 2 amide bonds. The lowest BCUT2D eigenvalue weighted by molar-refractivity contribution is -0.385. The van der Waals surface area contributed by atoms with Gasteiger partial charge in [-0.3, -0.25) is 19.7 Å². The van der Waals surface area contributed by atoms with Crippen LogP contribution in [0.1, 0.15) is 22.3 Å². The van der Waals surface area contributed by atoms with Gasteiger partial charge in [0, 0.05) is 35.8 Å². The van der Waals surface area contributed by atoms with Crippen molar-refractivity contribution in [1.29, 1.82) is 0 Å². The van der Waals surface area contributed by atoms with Crippen LogP contribution in [-0.2, 0) is 4.79 Å². The standard InChI is InChI=1S/C17H17N3O4/c1-12-14(8-5-9-15(12)20(23)24)17(22)19(11-10-16(18)21)13-6-3-2-4-7-13/h2-9H,10-11H2,1H3,(H2,18,21). The van der Waals surface area contributed by atoms with Crippen LogP contribution in [0.5, 0.6) is 0 Å². The molecule has 2 aromatic carbocycles. The van der Waals surface area contributed by atoms with Crippen LogP contribution in [0.3, 0.4) is 0 Å². The van der Waals surface area contributed by atoms with Crippen LogP contribution >= 0.6 is 0 Å². The van der Waals surface area contributed by atoms with Crippen LogP contribution in [0.15, 0.2) is 48.5 Å². The van der Waals surface area contributed by atoms with E-state index < -0.39 is 16.7 Å². The molecule has 24 heavy (non-hydrogen) atoms. The summed E-state index contributed by atoms with van der Waals surface area (Å²) in [6.45, 7) is 1.63. The lowest BCUT2D eigenvalue weighted by atomic mass is 10.0. The summed E-state index contributed by atoms with van der Waals surface area (Å²) >= 11 is 0. The smallest absolute Gasteiger partial charge is 0.273 e. The van der Waals surface area contributed by atoms with E-state index in [0.717, 1.165) is 0 Å². The third-order valence-electron chi connectivity index (χ3n) is 3.63. The van der Waals surface area contributed by atoms with E-state index in [1.54, 1.807) is 30.3 Å². The molecule has 0 aromatic heterocycles. The molecule has 0 atom stereocenters. The Morgan fingerprint density at radius 3 is 2.38 bits per heavy atom. The van der Waals surface area contributed by atoms with Gasteiger partial charge in [-0.2, -0.15) is 0 Å². The van der Waals surface area contributed by atoms with Crippen LogP contribution in [0, 0.1) is 17.0 Å². The van der Waals surface area contributed by atoms with Crippen LogP contribution in [0.4, 0.5) is 11.4 Å². The third kappa shape index (κ3) is 3.75. The number of rotatable bonds is 6. The normalized spacial score (nSPS) is 10.2. The molecule has 124 valence electrons. The zero-order chi connectivity index (χ0) is 17.7. The van der Waals surface area contributed by atoms with Gasteiger partial charge in [-0.15, -0.1) is 0 Å². The first-order valence-electron chi connectivity index (χ1n) is 7.31. The average Bonchev–Trinajstić information content (AvgIpc) is 2.55. The summed E-state index contributed by atoms with van der Waals surface area (Å²) in [4.78, 5) is 35.9. The van der Waals surface area contributed by atoms with E-state index in [4.69, 9.17) is 5.73 Å². The number of nitro groups is 1. The maximum Gasteiger partial charge on any atom is 0.273 e. The van der Waals surface area contributed by atoms with Crippen molar-refractivity contribution in [3.05, 3.63) is 69.8 Å². The molecular formula is C17H17N3O4. The van der Waals surface area contributed by atoms with Gasteiger partial charge in [-0.25, -0.2) is 0 Å². The van der Waals surface area contributed by atoms with Gasteiger partial charge in [0.1, 0.15) is 0 Å². The highest BCUT2D eigenvalue weighted by Crippen LogP contribution is 2.24. The Kier molecular flexibility index (Phi) is 5.26. The third-order valence-corrected chi connectivity index (χ3v) is 3.63. The van der Waals surface area contributed by atoms with E-state index in [0.29, 0.717) is 5.69 Å². The van der Waals surface area contributed by atoms with Crippen molar-refractivity contribution in [2.45, 2.75) is 13.3 Å². The highest BCUT2D eigenvalue weighted by molar-refractivity contribution is 6.07. The molecule has 0 fully saturated rings. The van der Waals surface area contributed by atoms with Crippen LogP contribution < -0.4 is 10.6 Å². The fourth-order valence-corrected chi connectivity index (χ4v) is 2.38. The zero-order valence-electron chi connectivity index (χ0n) is 13.1. The van der Waals surface area contributed by atoms with E-state index in [1.807, 2.05) is 0 Å². The fraction of sp³-hybridized carbons (Fsp3) is 0.176. The predicted octanol–water partition coefficient (Wildman–Crippen LogP) is 2.43. The highest BCUT2D eigenvalue weighted by atomic mass is 16.6. The largest absolute Gasteiger partial charge is 0.370 e. The number of nitrogens with two attached hydrogens (primary N) is 1. The number of hydrogen-bond donors (Lipinski definition) is 1. The Morgan fingerprint density at radius 2 is 1.79 bits per heavy atom. The monoisotopic (exact) mass is 327 g/mol. The first kappa shape index (κ1) is 17.1. The minimum absolute atomic E-state index is 0.00535. The molecular weight excluding hydrogens is 310 g/mol. The van der Waals surface area contributed by atoms with Crippen LogP contribution in [0.2, 0.25) is 0 Å². The van der Waals surface area contributed by atoms with E-state index >= 15 is 0 Å². The minimum atomic E-state index is -0.528. The van der Waals surface area contributed by atoms with E-state index in [9.17, 15) is 19.7 Å². The number of carbonyl (C=O) groups is 2. The van der Waals surface area contributed by atoms with Crippen molar-refractivity contribution in [1.82, 2.24) is 0 Å². The van der Waals surface area contributed by atoms with Gasteiger partial charge in [0.2, 0.25) is 5.91 Å². The van der Waals surface area contributed by atoms with Gasteiger partial charge in [0.15, 0.2) is 0 Å². The molecule has 0 spiro atoms. The first-order chi connectivity index (χ1) is 11.4. The molecule has 0 unspecified atom stereocenters. The number of para-hydroxylation sites is 1. The Morgan fingerprint density at radius 1 is 1.12 bits per heavy atom. The van der Waals surface area contributed by atoms with E-state index in [-0.39, 0.29) is 29.8 Å². The van der Waals surface area contributed by atoms with Crippen molar-refractivity contribution >= 4 is 23.2 Å². The molecule has 0 heterocycles. The molecule has 0 saturated carbocycles. The lowest BCUT2D eigenvalue weighted by Crippen LogP contribution is -2.34. The number of nitro benzene ring substituents is 1. The number of nitrogens with zero attached hydrogens (tertiary/aromatic N) is 2. The lowest BCUT2D eigenvalue weighted by Gasteiger charge is -2.23. The molecule has 2 rings (SSSR count). The molecule has 2 N–H and O–H groups in total. The topological polar surface area (TPSA) is 107 Å². The summed E-state index contributed by atoms with van der Waals surface area (Å²) in [7, 11) is 0. The zero-order valence-corrected chi connectivity index (χ0v) is 13.1. The van der Waals surface area contributed by atoms with Gasteiger partial charge >= 0.3 is 0 Å². The second-order valence-corrected chi connectivity index (χ2v) is 5.22. The van der Waals surface area contributed by atoms with Gasteiger partial charge in [-0.05, 0) is 25.1 Å². The number of benzene rings is 2. The minimum Gasteiger partial charge on any atom is -0.370 e. The summed E-state index contributed by atoms with van der Waals surface area (Å²) in [5, 5.41) is 11.1. The molecule has 0 aliphatic rings. The Hall–Kier alpha value is -3.22. The van der Waals surface area contributed by atoms with Crippen LogP contribution in [0.25, 0.3) is 0 Å². The number of carbonyl (C=O) groups excluding carboxylic acids is 2. The summed E-state index contributed by atoms with van der Waals surface area (Å²) < 4.78 is 0. The Bertz CT molecular complexity index is 775. The van der Waals surface area contributed by atoms with Crippen molar-refractivity contribution in [2.24, 2.45) is 5.73 Å². The molecule has 7 heteroatoms. The number of primary amides is 1. The van der Waals surface area contributed by atoms with E-state index in [1.165, 1.54) is 30.0 Å². The van der Waals surface area contributed by atoms with Gasteiger partial charge < -0.3 is 10.6 Å². The molecule has 2 aromatic rings. The van der Waals surface area contributed by atoms with Crippen LogP contribution in [-0.4, -0.2) is 23.3 Å². The average molecular weight is 327 g/mol. The fourth-order valence-electron chi connectivity index (χ4n) is 2.38. The maximum atomic E-state index is 12.9. The van der Waals surface area contributed by atoms with Crippen molar-refractivity contribution in [3.8, 4) is 0 Å². The number of amides is 2. The molecule has 0 aliphatic carbocycles. The Labute approximate surface area is 138 Å². The number of anilines is 1. The quantitative estimate of drug-likeness (QED) is 0.649. The first-order valence-corrected chi connectivity index (χ1v) is 7.31. The maximum absolute atomic E-state index is 12.9. The van der Waals surface area contributed by atoms with Crippen molar-refractivity contribution in [3.63, 3.8) is 0 Å². The van der Waals surface area contributed by atoms with Crippen molar-refractivity contribution in [2.75, 3.05) is 11.4 Å². The number of hydrogen-bond acceptors (Lipinski definition) is 4. The summed E-state index contributed by atoms with van der Waals surface area (Å²) in [5.74, 6) is -0.942.